The van der Waals surface area contributed by atoms with E-state index in [2.05, 4.69) is 9.80 Å². The first kappa shape index (κ1) is 20.9. The summed E-state index contributed by atoms with van der Waals surface area (Å²) in [7, 11) is 0. The normalized spacial score (nSPS) is 32.3. The fraction of sp³-hybridized carbons (Fsp3) is 0.680. The standard InChI is InChI=1S/C25H34FN3O2/c1-18(30)28-8-6-27(7-9-28)17-24(31)29(16-19-2-4-23(26)5-3-19)25-13-20-10-21(14-25)12-22(11-20)15-25/h2-5,20-22H,6-17H2,1H3. The van der Waals surface area contributed by atoms with Crippen LogP contribution in [-0.4, -0.2) is 64.8 Å². The van der Waals surface area contributed by atoms with Crippen LogP contribution in [0, 0.1) is 23.6 Å². The van der Waals surface area contributed by atoms with Gasteiger partial charge in [0, 0.05) is 45.2 Å². The monoisotopic (exact) mass is 427 g/mol. The van der Waals surface area contributed by atoms with Crippen molar-refractivity contribution in [2.75, 3.05) is 32.7 Å². The van der Waals surface area contributed by atoms with Crippen LogP contribution >= 0.6 is 0 Å². The number of amides is 2. The summed E-state index contributed by atoms with van der Waals surface area (Å²) in [4.78, 5) is 31.6. The quantitative estimate of drug-likeness (QED) is 0.724. The van der Waals surface area contributed by atoms with E-state index in [4.69, 9.17) is 0 Å². The third kappa shape index (κ3) is 4.23. The highest BCUT2D eigenvalue weighted by Crippen LogP contribution is 2.58. The van der Waals surface area contributed by atoms with Gasteiger partial charge in [0.05, 0.1) is 6.54 Å². The van der Waals surface area contributed by atoms with Gasteiger partial charge < -0.3 is 9.80 Å². The van der Waals surface area contributed by atoms with Gasteiger partial charge in [0.25, 0.3) is 0 Å². The van der Waals surface area contributed by atoms with Gasteiger partial charge >= 0.3 is 0 Å². The van der Waals surface area contributed by atoms with Gasteiger partial charge in [-0.15, -0.1) is 0 Å². The average Bonchev–Trinajstić information content (AvgIpc) is 2.72. The molecule has 0 N–H and O–H groups in total. The van der Waals surface area contributed by atoms with Crippen molar-refractivity contribution in [3.63, 3.8) is 0 Å². The highest BCUT2D eigenvalue weighted by atomic mass is 19.1. The molecule has 1 aliphatic heterocycles. The van der Waals surface area contributed by atoms with E-state index in [-0.39, 0.29) is 23.2 Å². The van der Waals surface area contributed by atoms with Crippen molar-refractivity contribution in [2.45, 2.75) is 57.5 Å². The molecule has 4 bridgehead atoms. The Morgan fingerprint density at radius 3 is 2.03 bits per heavy atom. The van der Waals surface area contributed by atoms with E-state index in [0.29, 0.717) is 26.2 Å². The predicted octanol–water partition coefficient (Wildman–Crippen LogP) is 3.29. The Kier molecular flexibility index (Phi) is 5.53. The lowest BCUT2D eigenvalue weighted by molar-refractivity contribution is -0.154. The van der Waals surface area contributed by atoms with Gasteiger partial charge in [-0.25, -0.2) is 4.39 Å². The summed E-state index contributed by atoms with van der Waals surface area (Å²) in [5.41, 5.74) is 0.980. The first-order valence-electron chi connectivity index (χ1n) is 11.9. The summed E-state index contributed by atoms with van der Waals surface area (Å²) < 4.78 is 13.5. The number of rotatable bonds is 5. The lowest BCUT2D eigenvalue weighted by Crippen LogP contribution is -2.62. The lowest BCUT2D eigenvalue weighted by atomic mass is 9.52. The zero-order chi connectivity index (χ0) is 21.6. The molecule has 1 saturated heterocycles. The van der Waals surface area contributed by atoms with Gasteiger partial charge in [0.15, 0.2) is 0 Å². The molecular formula is C25H34FN3O2. The molecular weight excluding hydrogens is 393 g/mol. The van der Waals surface area contributed by atoms with Crippen LogP contribution in [0.4, 0.5) is 4.39 Å². The Morgan fingerprint density at radius 2 is 1.52 bits per heavy atom. The van der Waals surface area contributed by atoms with Crippen LogP contribution in [0.5, 0.6) is 0 Å². The molecule has 0 aromatic heterocycles. The van der Waals surface area contributed by atoms with Crippen LogP contribution in [-0.2, 0) is 16.1 Å². The van der Waals surface area contributed by atoms with E-state index >= 15 is 0 Å². The number of hydrogen-bond acceptors (Lipinski definition) is 3. The van der Waals surface area contributed by atoms with Crippen LogP contribution in [0.1, 0.15) is 51.0 Å². The number of carbonyl (C=O) groups excluding carboxylic acids is 2. The second kappa shape index (κ2) is 8.19. The summed E-state index contributed by atoms with van der Waals surface area (Å²) >= 11 is 0. The van der Waals surface area contributed by atoms with Crippen molar-refractivity contribution in [3.05, 3.63) is 35.6 Å². The van der Waals surface area contributed by atoms with Gasteiger partial charge in [0.2, 0.25) is 11.8 Å². The largest absolute Gasteiger partial charge is 0.340 e. The maximum Gasteiger partial charge on any atom is 0.237 e. The number of carbonyl (C=O) groups is 2. The molecule has 168 valence electrons. The zero-order valence-electron chi connectivity index (χ0n) is 18.6. The molecule has 5 nitrogen and oxygen atoms in total. The van der Waals surface area contributed by atoms with E-state index in [1.807, 2.05) is 17.0 Å². The van der Waals surface area contributed by atoms with E-state index in [9.17, 15) is 14.0 Å². The van der Waals surface area contributed by atoms with Gasteiger partial charge in [-0.05, 0) is 74.0 Å². The second-order valence-corrected chi connectivity index (χ2v) is 10.5. The first-order chi connectivity index (χ1) is 14.9. The number of nitrogens with zero attached hydrogens (tertiary/aromatic N) is 3. The molecule has 5 aliphatic rings. The summed E-state index contributed by atoms with van der Waals surface area (Å²) in [5, 5.41) is 0. The number of benzene rings is 1. The SMILES string of the molecule is CC(=O)N1CCN(CC(=O)N(Cc2ccc(F)cc2)C23CC4CC(CC(C4)C2)C3)CC1. The zero-order valence-corrected chi connectivity index (χ0v) is 18.6. The molecule has 0 unspecified atom stereocenters. The van der Waals surface area contributed by atoms with Crippen molar-refractivity contribution in [1.29, 1.82) is 0 Å². The van der Waals surface area contributed by atoms with E-state index in [1.54, 1.807) is 6.92 Å². The van der Waals surface area contributed by atoms with Crippen LogP contribution in [0.2, 0.25) is 0 Å². The number of halogens is 1. The molecule has 0 radical (unpaired) electrons. The van der Waals surface area contributed by atoms with Crippen molar-refractivity contribution in [3.8, 4) is 0 Å². The third-order valence-corrected chi connectivity index (χ3v) is 8.31. The molecule has 0 atom stereocenters. The topological polar surface area (TPSA) is 43.9 Å². The van der Waals surface area contributed by atoms with E-state index < -0.39 is 0 Å². The lowest BCUT2D eigenvalue weighted by Gasteiger charge is -2.60. The molecule has 31 heavy (non-hydrogen) atoms. The molecule has 0 spiro atoms. The van der Waals surface area contributed by atoms with Crippen molar-refractivity contribution in [1.82, 2.24) is 14.7 Å². The van der Waals surface area contributed by atoms with Crippen LogP contribution < -0.4 is 0 Å². The van der Waals surface area contributed by atoms with Crippen molar-refractivity contribution < 1.29 is 14.0 Å². The Bertz CT molecular complexity index is 796. The van der Waals surface area contributed by atoms with E-state index in [1.165, 1.54) is 31.4 Å². The highest BCUT2D eigenvalue weighted by Gasteiger charge is 2.54. The maximum atomic E-state index is 13.7. The van der Waals surface area contributed by atoms with Crippen molar-refractivity contribution >= 4 is 11.8 Å². The van der Waals surface area contributed by atoms with Crippen LogP contribution in [0.15, 0.2) is 24.3 Å². The Hall–Kier alpha value is -1.95. The minimum atomic E-state index is -0.236. The average molecular weight is 428 g/mol. The highest BCUT2D eigenvalue weighted by molar-refractivity contribution is 5.79. The maximum absolute atomic E-state index is 13.7. The minimum Gasteiger partial charge on any atom is -0.340 e. The molecule has 6 heteroatoms. The van der Waals surface area contributed by atoms with Gasteiger partial charge in [-0.1, -0.05) is 12.1 Å². The smallest absolute Gasteiger partial charge is 0.237 e. The van der Waals surface area contributed by atoms with Crippen LogP contribution in [0.25, 0.3) is 0 Å². The predicted molar refractivity (Wildman–Crippen MR) is 117 cm³/mol. The Labute approximate surface area is 184 Å². The fourth-order valence-electron chi connectivity index (χ4n) is 7.19. The van der Waals surface area contributed by atoms with Crippen LogP contribution in [0.3, 0.4) is 0 Å². The number of piperazine rings is 1. The molecule has 4 aliphatic carbocycles. The Morgan fingerprint density at radius 1 is 0.968 bits per heavy atom. The molecule has 1 heterocycles. The fourth-order valence-corrected chi connectivity index (χ4v) is 7.19. The van der Waals surface area contributed by atoms with Gasteiger partial charge in [-0.3, -0.25) is 14.5 Å². The first-order valence-corrected chi connectivity index (χ1v) is 11.9. The number of hydrogen-bond donors (Lipinski definition) is 0. The van der Waals surface area contributed by atoms with E-state index in [0.717, 1.165) is 55.7 Å². The van der Waals surface area contributed by atoms with Gasteiger partial charge in [0.1, 0.15) is 5.82 Å². The Balaban J connectivity index is 1.35. The summed E-state index contributed by atoms with van der Waals surface area (Å²) in [6.45, 7) is 5.47. The third-order valence-electron chi connectivity index (χ3n) is 8.31. The molecule has 4 saturated carbocycles. The molecule has 5 fully saturated rings. The summed E-state index contributed by atoms with van der Waals surface area (Å²) in [6.07, 6.45) is 7.40. The molecule has 1 aromatic carbocycles. The minimum absolute atomic E-state index is 0.0264. The summed E-state index contributed by atoms with van der Waals surface area (Å²) in [5.74, 6) is 2.34. The summed E-state index contributed by atoms with van der Waals surface area (Å²) in [6, 6.07) is 6.64. The molecule has 2 amide bonds. The molecule has 6 rings (SSSR count). The van der Waals surface area contributed by atoms with Gasteiger partial charge in [-0.2, -0.15) is 0 Å². The second-order valence-electron chi connectivity index (χ2n) is 10.5. The van der Waals surface area contributed by atoms with Crippen molar-refractivity contribution in [2.24, 2.45) is 17.8 Å². The molecule has 1 aromatic rings.